The van der Waals surface area contributed by atoms with E-state index in [0.29, 0.717) is 0 Å². The van der Waals surface area contributed by atoms with E-state index in [1.165, 1.54) is 0 Å². The first-order valence-electron chi connectivity index (χ1n) is 1.79. The molecule has 0 saturated heterocycles. The van der Waals surface area contributed by atoms with Gasteiger partial charge in [0.2, 0.25) is 0 Å². The smallest absolute Gasteiger partial charge is 0.312 e. The minimum atomic E-state index is 0.0485. The van der Waals surface area contributed by atoms with Crippen LogP contribution in [-0.4, -0.2) is 16.9 Å². The normalized spacial score (nSPS) is 9.12. The molecule has 0 N–H and O–H groups in total. The molecule has 0 unspecified atom stereocenters. The summed E-state index contributed by atoms with van der Waals surface area (Å²) in [6.07, 6.45) is 0. The fourth-order valence-electron chi connectivity index (χ4n) is 0.262. The summed E-state index contributed by atoms with van der Waals surface area (Å²) in [7, 11) is 0. The molecule has 0 aliphatic rings. The van der Waals surface area contributed by atoms with Crippen LogP contribution in [0.1, 0.15) is 0 Å². The summed E-state index contributed by atoms with van der Waals surface area (Å²) in [5, 5.41) is 3.28. The highest BCUT2D eigenvalue weighted by Crippen LogP contribution is 2.08. The molecule has 42 valence electrons. The van der Waals surface area contributed by atoms with Gasteiger partial charge in [0.05, 0.1) is 0 Å². The zero-order valence-corrected chi connectivity index (χ0v) is 4.59. The van der Waals surface area contributed by atoms with Gasteiger partial charge in [-0.05, 0) is 23.5 Å². The van der Waals surface area contributed by atoms with Crippen molar-refractivity contribution in [3.63, 3.8) is 0 Å². The van der Waals surface area contributed by atoms with Gasteiger partial charge in [-0.1, -0.05) is 0 Å². The van der Waals surface area contributed by atoms with Crippen LogP contribution in [0.15, 0.2) is 9.52 Å². The van der Waals surface area contributed by atoms with E-state index in [4.69, 9.17) is 11.6 Å². The highest BCUT2D eigenvalue weighted by molar-refractivity contribution is 6.28. The lowest BCUT2D eigenvalue weighted by molar-refractivity contribution is 0.429. The third-order valence-corrected chi connectivity index (χ3v) is 0.679. The Labute approximate surface area is 50.2 Å². The first kappa shape index (κ1) is 5.24. The molecule has 0 fully saturated rings. The van der Waals surface area contributed by atoms with Crippen LogP contribution in [-0.2, 0) is 0 Å². The van der Waals surface area contributed by atoms with Gasteiger partial charge in [0.25, 0.3) is 5.28 Å². The maximum absolute atomic E-state index is 5.24. The quantitative estimate of drug-likeness (QED) is 0.536. The van der Waals surface area contributed by atoms with Crippen molar-refractivity contribution in [1.82, 2.24) is 10.1 Å². The molecule has 1 heterocycles. The van der Waals surface area contributed by atoms with Crippen molar-refractivity contribution < 1.29 is 4.52 Å². The molecule has 0 aliphatic carbocycles. The van der Waals surface area contributed by atoms with E-state index in [9.17, 15) is 0 Å². The Morgan fingerprint density at radius 3 is 2.75 bits per heavy atom. The van der Waals surface area contributed by atoms with Crippen LogP contribution in [0.4, 0.5) is 6.01 Å². The second-order valence-corrected chi connectivity index (χ2v) is 1.34. The average molecular weight is 132 g/mol. The molecule has 0 amide bonds. The van der Waals surface area contributed by atoms with E-state index in [-0.39, 0.29) is 11.3 Å². The molecule has 0 atom stereocenters. The van der Waals surface area contributed by atoms with E-state index < -0.39 is 0 Å². The SMILES string of the molecule is C=Nc1nc(Cl)no1. The van der Waals surface area contributed by atoms with Gasteiger partial charge in [-0.25, -0.2) is 4.99 Å². The van der Waals surface area contributed by atoms with Crippen LogP contribution in [0.25, 0.3) is 0 Å². The van der Waals surface area contributed by atoms with Crippen molar-refractivity contribution in [1.29, 1.82) is 0 Å². The third kappa shape index (κ3) is 0.840. The van der Waals surface area contributed by atoms with Gasteiger partial charge in [0, 0.05) is 0 Å². The number of halogens is 1. The minimum Gasteiger partial charge on any atom is -0.312 e. The molecule has 0 bridgehead atoms. The number of aromatic nitrogens is 2. The van der Waals surface area contributed by atoms with Gasteiger partial charge in [0.15, 0.2) is 0 Å². The van der Waals surface area contributed by atoms with Crippen LogP contribution in [0.5, 0.6) is 0 Å². The number of nitrogens with zero attached hydrogens (tertiary/aromatic N) is 3. The van der Waals surface area contributed by atoms with Crippen molar-refractivity contribution in [3.8, 4) is 0 Å². The van der Waals surface area contributed by atoms with Crippen LogP contribution in [0, 0.1) is 0 Å². The van der Waals surface area contributed by atoms with E-state index in [0.717, 1.165) is 0 Å². The Balaban J connectivity index is 3.00. The molecule has 5 heteroatoms. The Hall–Kier alpha value is -0.900. The van der Waals surface area contributed by atoms with Crippen LogP contribution < -0.4 is 0 Å². The molecular weight excluding hydrogens is 130 g/mol. The molecule has 0 aromatic carbocycles. The molecule has 0 spiro atoms. The minimum absolute atomic E-state index is 0.0485. The maximum atomic E-state index is 5.24. The molecular formula is C3H2ClN3O. The Morgan fingerprint density at radius 2 is 2.50 bits per heavy atom. The largest absolute Gasteiger partial charge is 0.348 e. The monoisotopic (exact) mass is 131 g/mol. The summed E-state index contributed by atoms with van der Waals surface area (Å²) < 4.78 is 4.39. The van der Waals surface area contributed by atoms with Crippen molar-refractivity contribution in [2.75, 3.05) is 0 Å². The van der Waals surface area contributed by atoms with Gasteiger partial charge < -0.3 is 4.52 Å². The van der Waals surface area contributed by atoms with E-state index in [1.807, 2.05) is 0 Å². The van der Waals surface area contributed by atoms with Gasteiger partial charge in [0.1, 0.15) is 0 Å². The summed E-state index contributed by atoms with van der Waals surface area (Å²) >= 11 is 5.24. The van der Waals surface area contributed by atoms with Crippen molar-refractivity contribution in [3.05, 3.63) is 5.28 Å². The van der Waals surface area contributed by atoms with Gasteiger partial charge in [-0.3, -0.25) is 0 Å². The van der Waals surface area contributed by atoms with Gasteiger partial charge >= 0.3 is 6.01 Å². The molecule has 1 aromatic rings. The van der Waals surface area contributed by atoms with E-state index >= 15 is 0 Å². The fraction of sp³-hybridized carbons (Fsp3) is 0. The molecule has 0 radical (unpaired) electrons. The van der Waals surface area contributed by atoms with E-state index in [1.54, 1.807) is 0 Å². The lowest BCUT2D eigenvalue weighted by Gasteiger charge is -1.67. The molecule has 1 rings (SSSR count). The molecule has 4 nitrogen and oxygen atoms in total. The van der Waals surface area contributed by atoms with Gasteiger partial charge in [-0.2, -0.15) is 4.98 Å². The summed E-state index contributed by atoms with van der Waals surface area (Å²) in [6, 6.07) is 0.0926. The Kier molecular flexibility index (Phi) is 1.26. The Bertz CT molecular complexity index is 196. The molecule has 0 saturated carbocycles. The van der Waals surface area contributed by atoms with E-state index in [2.05, 4.69) is 26.4 Å². The standard InChI is InChI=1S/C3H2ClN3O/c1-5-3-6-2(4)7-8-3/h1H2. The zero-order valence-electron chi connectivity index (χ0n) is 3.83. The predicted molar refractivity (Wildman–Crippen MR) is 28.5 cm³/mol. The second kappa shape index (κ2) is 1.92. The van der Waals surface area contributed by atoms with Crippen molar-refractivity contribution in [2.45, 2.75) is 0 Å². The summed E-state index contributed by atoms with van der Waals surface area (Å²) in [4.78, 5) is 6.80. The topological polar surface area (TPSA) is 51.3 Å². The first-order valence-corrected chi connectivity index (χ1v) is 2.16. The summed E-state index contributed by atoms with van der Waals surface area (Å²) in [5.41, 5.74) is 0. The summed E-state index contributed by atoms with van der Waals surface area (Å²) in [5.74, 6) is 0. The van der Waals surface area contributed by atoms with Crippen molar-refractivity contribution in [2.24, 2.45) is 4.99 Å². The lowest BCUT2D eigenvalue weighted by Crippen LogP contribution is -1.59. The maximum Gasteiger partial charge on any atom is 0.348 e. The predicted octanol–water partition coefficient (Wildman–Crippen LogP) is 1.06. The lowest BCUT2D eigenvalue weighted by atomic mass is 11.1. The Morgan fingerprint density at radius 1 is 1.75 bits per heavy atom. The fourth-order valence-corrected chi connectivity index (χ4v) is 0.369. The number of hydrogen-bond donors (Lipinski definition) is 0. The number of hydrogen-bond acceptors (Lipinski definition) is 4. The zero-order chi connectivity index (χ0) is 5.98. The van der Waals surface area contributed by atoms with Gasteiger partial charge in [-0.15, -0.1) is 0 Å². The molecule has 8 heavy (non-hydrogen) atoms. The molecule has 0 aliphatic heterocycles. The van der Waals surface area contributed by atoms with Crippen LogP contribution in [0.3, 0.4) is 0 Å². The average Bonchev–Trinajstić information content (AvgIpc) is 2.14. The number of aliphatic imine (C=N–C) groups is 1. The molecule has 1 aromatic heterocycles. The van der Waals surface area contributed by atoms with Crippen molar-refractivity contribution >= 4 is 24.3 Å². The third-order valence-electron chi connectivity index (χ3n) is 0.526. The highest BCUT2D eigenvalue weighted by atomic mass is 35.5. The summed E-state index contributed by atoms with van der Waals surface area (Å²) in [6.45, 7) is 3.14. The number of rotatable bonds is 1. The second-order valence-electron chi connectivity index (χ2n) is 1.00. The van der Waals surface area contributed by atoms with Crippen LogP contribution >= 0.6 is 11.6 Å². The highest BCUT2D eigenvalue weighted by Gasteiger charge is 1.96. The first-order chi connectivity index (χ1) is 3.83. The van der Waals surface area contributed by atoms with Crippen LogP contribution in [0.2, 0.25) is 5.28 Å².